The molecule has 0 N–H and O–H groups in total. The molecule has 0 atom stereocenters. The van der Waals surface area contributed by atoms with Gasteiger partial charge in [-0.15, -0.1) is 22.9 Å². The predicted octanol–water partition coefficient (Wildman–Crippen LogP) is 1.06. The summed E-state index contributed by atoms with van der Waals surface area (Å²) in [5.41, 5.74) is 1.08. The van der Waals surface area contributed by atoms with Gasteiger partial charge in [0, 0.05) is 18.1 Å². The van der Waals surface area contributed by atoms with Crippen LogP contribution in [0.1, 0.15) is 5.69 Å². The summed E-state index contributed by atoms with van der Waals surface area (Å²) in [6, 6.07) is 0. The lowest BCUT2D eigenvalue weighted by atomic mass is 10.6. The third-order valence-corrected chi connectivity index (χ3v) is 2.75. The van der Waals surface area contributed by atoms with E-state index in [0.29, 0.717) is 4.80 Å². The number of aryl methyl sites for hydroxylation is 1. The minimum Gasteiger partial charge on any atom is -0.324 e. The predicted molar refractivity (Wildman–Crippen MR) is 49.3 cm³/mol. The summed E-state index contributed by atoms with van der Waals surface area (Å²) in [7, 11) is 1.87. The SMILES string of the molecule is Cc1csc(=NC(=O)CCl)n1C. The van der Waals surface area contributed by atoms with Gasteiger partial charge < -0.3 is 4.57 Å². The number of hydrogen-bond acceptors (Lipinski definition) is 2. The van der Waals surface area contributed by atoms with Crippen LogP contribution in [0.2, 0.25) is 0 Å². The quantitative estimate of drug-likeness (QED) is 0.630. The number of alkyl halides is 1. The summed E-state index contributed by atoms with van der Waals surface area (Å²) in [5.74, 6) is -0.356. The summed E-state index contributed by atoms with van der Waals surface area (Å²) in [6.07, 6.45) is 0. The highest BCUT2D eigenvalue weighted by atomic mass is 35.5. The van der Waals surface area contributed by atoms with E-state index in [4.69, 9.17) is 11.6 Å². The number of carbonyl (C=O) groups excluding carboxylic acids is 1. The molecule has 0 aliphatic rings. The summed E-state index contributed by atoms with van der Waals surface area (Å²) < 4.78 is 1.86. The first-order valence-electron chi connectivity index (χ1n) is 3.40. The van der Waals surface area contributed by atoms with Crippen LogP contribution < -0.4 is 4.80 Å². The van der Waals surface area contributed by atoms with Gasteiger partial charge in [0.05, 0.1) is 0 Å². The molecule has 66 valence electrons. The Labute approximate surface area is 79.3 Å². The largest absolute Gasteiger partial charge is 0.324 e. The summed E-state index contributed by atoms with van der Waals surface area (Å²) in [6.45, 7) is 1.96. The zero-order valence-electron chi connectivity index (χ0n) is 6.87. The zero-order chi connectivity index (χ0) is 9.14. The molecule has 1 aromatic heterocycles. The molecule has 0 unspecified atom stereocenters. The van der Waals surface area contributed by atoms with Gasteiger partial charge in [-0.25, -0.2) is 0 Å². The molecule has 0 aliphatic carbocycles. The highest BCUT2D eigenvalue weighted by molar-refractivity contribution is 7.07. The topological polar surface area (TPSA) is 34.4 Å². The summed E-state index contributed by atoms with van der Waals surface area (Å²) in [4.78, 5) is 15.3. The second-order valence-electron chi connectivity index (χ2n) is 2.36. The number of rotatable bonds is 1. The average Bonchev–Trinajstić information content (AvgIpc) is 2.36. The van der Waals surface area contributed by atoms with Crippen LogP contribution in [0.15, 0.2) is 10.4 Å². The van der Waals surface area contributed by atoms with E-state index in [-0.39, 0.29) is 11.8 Å². The molecule has 12 heavy (non-hydrogen) atoms. The average molecular weight is 205 g/mol. The van der Waals surface area contributed by atoms with Crippen molar-refractivity contribution < 1.29 is 4.79 Å². The molecular weight excluding hydrogens is 196 g/mol. The van der Waals surface area contributed by atoms with Crippen LogP contribution in [0.5, 0.6) is 0 Å². The van der Waals surface area contributed by atoms with Crippen LogP contribution in [0, 0.1) is 6.92 Å². The van der Waals surface area contributed by atoms with Gasteiger partial charge in [0.25, 0.3) is 5.91 Å². The lowest BCUT2D eigenvalue weighted by Crippen LogP contribution is -2.14. The van der Waals surface area contributed by atoms with Crippen molar-refractivity contribution in [1.82, 2.24) is 4.57 Å². The second kappa shape index (κ2) is 3.87. The second-order valence-corrected chi connectivity index (χ2v) is 3.46. The van der Waals surface area contributed by atoms with Gasteiger partial charge in [-0.2, -0.15) is 4.99 Å². The first-order chi connectivity index (χ1) is 5.65. The van der Waals surface area contributed by atoms with E-state index in [0.717, 1.165) is 5.69 Å². The Kier molecular flexibility index (Phi) is 3.05. The fourth-order valence-electron chi connectivity index (χ4n) is 0.685. The smallest absolute Gasteiger partial charge is 0.263 e. The number of carbonyl (C=O) groups is 1. The maximum absolute atomic E-state index is 10.8. The lowest BCUT2D eigenvalue weighted by Gasteiger charge is -1.92. The van der Waals surface area contributed by atoms with Gasteiger partial charge >= 0.3 is 0 Å². The molecule has 3 nitrogen and oxygen atoms in total. The molecule has 0 radical (unpaired) electrons. The maximum Gasteiger partial charge on any atom is 0.263 e. The van der Waals surface area contributed by atoms with E-state index < -0.39 is 0 Å². The zero-order valence-corrected chi connectivity index (χ0v) is 8.45. The van der Waals surface area contributed by atoms with Gasteiger partial charge in [-0.3, -0.25) is 4.79 Å². The molecule has 5 heteroatoms. The number of aromatic nitrogens is 1. The molecule has 1 heterocycles. The number of halogens is 1. The number of amides is 1. The Morgan fingerprint density at radius 3 is 2.92 bits per heavy atom. The summed E-state index contributed by atoms with van der Waals surface area (Å²) in [5, 5.41) is 1.94. The molecule has 0 saturated heterocycles. The molecule has 1 rings (SSSR count). The molecule has 1 aromatic rings. The lowest BCUT2D eigenvalue weighted by molar-refractivity contribution is -0.115. The minimum absolute atomic E-state index is 0.0586. The van der Waals surface area contributed by atoms with Crippen molar-refractivity contribution in [3.63, 3.8) is 0 Å². The number of thiazole rings is 1. The maximum atomic E-state index is 10.8. The van der Waals surface area contributed by atoms with E-state index in [1.54, 1.807) is 0 Å². The number of hydrogen-bond donors (Lipinski definition) is 0. The van der Waals surface area contributed by atoms with Crippen molar-refractivity contribution >= 4 is 28.8 Å². The molecule has 0 saturated carbocycles. The van der Waals surface area contributed by atoms with Crippen LogP contribution in [-0.4, -0.2) is 16.4 Å². The minimum atomic E-state index is -0.297. The van der Waals surface area contributed by atoms with Crippen molar-refractivity contribution in [2.45, 2.75) is 6.92 Å². The molecule has 0 bridgehead atoms. The van der Waals surface area contributed by atoms with Crippen LogP contribution in [0.25, 0.3) is 0 Å². The molecule has 1 amide bonds. The van der Waals surface area contributed by atoms with Gasteiger partial charge in [0.2, 0.25) is 0 Å². The molecule has 0 fully saturated rings. The van der Waals surface area contributed by atoms with E-state index in [2.05, 4.69) is 4.99 Å². The highest BCUT2D eigenvalue weighted by Crippen LogP contribution is 1.96. The van der Waals surface area contributed by atoms with Crippen LogP contribution in [-0.2, 0) is 11.8 Å². The van der Waals surface area contributed by atoms with Gasteiger partial charge in [-0.1, -0.05) is 0 Å². The molecule has 0 aliphatic heterocycles. The van der Waals surface area contributed by atoms with Crippen LogP contribution in [0.3, 0.4) is 0 Å². The van der Waals surface area contributed by atoms with E-state index in [1.165, 1.54) is 11.3 Å². The third kappa shape index (κ3) is 1.95. The fraction of sp³-hybridized carbons (Fsp3) is 0.429. The van der Waals surface area contributed by atoms with E-state index >= 15 is 0 Å². The first kappa shape index (κ1) is 9.48. The van der Waals surface area contributed by atoms with Crippen LogP contribution in [0.4, 0.5) is 0 Å². The monoisotopic (exact) mass is 204 g/mol. The van der Waals surface area contributed by atoms with Crippen molar-refractivity contribution in [3.8, 4) is 0 Å². The standard InChI is InChI=1S/C7H9ClN2OS/c1-5-4-12-7(10(5)2)9-6(11)3-8/h4H,3H2,1-2H3. The first-order valence-corrected chi connectivity index (χ1v) is 4.81. The Balaban J connectivity index is 3.10. The molecule has 0 aromatic carbocycles. The van der Waals surface area contributed by atoms with Crippen molar-refractivity contribution in [2.75, 3.05) is 5.88 Å². The van der Waals surface area contributed by atoms with Crippen molar-refractivity contribution in [3.05, 3.63) is 15.9 Å². The fourth-order valence-corrected chi connectivity index (χ4v) is 1.64. The normalized spacial score (nSPS) is 12.1. The van der Waals surface area contributed by atoms with Gasteiger partial charge in [0.15, 0.2) is 4.80 Å². The van der Waals surface area contributed by atoms with Crippen molar-refractivity contribution in [2.24, 2.45) is 12.0 Å². The Hall–Kier alpha value is -0.610. The van der Waals surface area contributed by atoms with E-state index in [9.17, 15) is 4.79 Å². The Bertz CT molecular complexity index is 353. The Morgan fingerprint density at radius 1 is 1.83 bits per heavy atom. The molecular formula is C7H9ClN2OS. The van der Waals surface area contributed by atoms with Crippen molar-refractivity contribution in [1.29, 1.82) is 0 Å². The Morgan fingerprint density at radius 2 is 2.50 bits per heavy atom. The van der Waals surface area contributed by atoms with E-state index in [1.807, 2.05) is 23.9 Å². The highest BCUT2D eigenvalue weighted by Gasteiger charge is 1.98. The van der Waals surface area contributed by atoms with Crippen LogP contribution >= 0.6 is 22.9 Å². The summed E-state index contributed by atoms with van der Waals surface area (Å²) >= 11 is 6.75. The van der Waals surface area contributed by atoms with Gasteiger partial charge in [0.1, 0.15) is 5.88 Å². The number of nitrogens with zero attached hydrogens (tertiary/aromatic N) is 2. The third-order valence-electron chi connectivity index (χ3n) is 1.49. The molecule has 0 spiro atoms. The van der Waals surface area contributed by atoms with Gasteiger partial charge in [-0.05, 0) is 6.92 Å².